The number of hydrogen-bond acceptors (Lipinski definition) is 4. The third-order valence-electron chi connectivity index (χ3n) is 3.31. The average molecular weight is 429 g/mol. The van der Waals surface area contributed by atoms with Crippen LogP contribution in [0.1, 0.15) is 6.42 Å². The molecular weight excluding hydrogens is 414 g/mol. The van der Waals surface area contributed by atoms with Crippen molar-refractivity contribution in [1.82, 2.24) is 0 Å². The predicted octanol–water partition coefficient (Wildman–Crippen LogP) is 4.99. The Labute approximate surface area is 158 Å². The lowest BCUT2D eigenvalue weighted by Crippen LogP contribution is -2.14. The van der Waals surface area contributed by atoms with Crippen molar-refractivity contribution in [3.05, 3.63) is 45.9 Å². The van der Waals surface area contributed by atoms with E-state index in [9.17, 15) is 4.79 Å². The van der Waals surface area contributed by atoms with E-state index in [1.165, 1.54) is 11.8 Å². The lowest BCUT2D eigenvalue weighted by atomic mass is 10.2. The summed E-state index contributed by atoms with van der Waals surface area (Å²) in [5, 5.41) is 3.26. The number of hydrogen-bond donors (Lipinski definition) is 1. The quantitative estimate of drug-likeness (QED) is 0.697. The standard InChI is InChI=1S/C17H15BrClNO3S/c18-11-4-1-2-5-16(11)24-10-17(21)20-13-9-15-14(8-12(13)19)22-6-3-7-23-15/h1-2,4-5,8-9H,3,6-7,10H2,(H,20,21). The van der Waals surface area contributed by atoms with Crippen LogP contribution in [0.4, 0.5) is 5.69 Å². The molecule has 3 rings (SSSR count). The highest BCUT2D eigenvalue weighted by Gasteiger charge is 2.15. The number of nitrogens with one attached hydrogen (secondary N) is 1. The van der Waals surface area contributed by atoms with E-state index in [4.69, 9.17) is 21.1 Å². The minimum absolute atomic E-state index is 0.132. The molecule has 1 aliphatic rings. The topological polar surface area (TPSA) is 47.6 Å². The van der Waals surface area contributed by atoms with Crippen molar-refractivity contribution in [3.8, 4) is 11.5 Å². The van der Waals surface area contributed by atoms with Gasteiger partial charge in [-0.1, -0.05) is 23.7 Å². The van der Waals surface area contributed by atoms with E-state index in [2.05, 4.69) is 21.2 Å². The Morgan fingerprint density at radius 3 is 2.67 bits per heavy atom. The molecule has 0 fully saturated rings. The van der Waals surface area contributed by atoms with Gasteiger partial charge in [-0.2, -0.15) is 0 Å². The van der Waals surface area contributed by atoms with Crippen LogP contribution in [0.5, 0.6) is 11.5 Å². The van der Waals surface area contributed by atoms with Crippen molar-refractivity contribution in [2.45, 2.75) is 11.3 Å². The van der Waals surface area contributed by atoms with E-state index in [0.29, 0.717) is 35.4 Å². The third kappa shape index (κ3) is 4.37. The Kier molecular flexibility index (Phi) is 5.92. The van der Waals surface area contributed by atoms with Crippen molar-refractivity contribution >= 4 is 50.9 Å². The van der Waals surface area contributed by atoms with Gasteiger partial charge in [0, 0.05) is 27.9 Å². The second kappa shape index (κ2) is 8.14. The summed E-state index contributed by atoms with van der Waals surface area (Å²) >= 11 is 11.2. The van der Waals surface area contributed by atoms with Gasteiger partial charge in [0.05, 0.1) is 29.7 Å². The number of benzene rings is 2. The maximum Gasteiger partial charge on any atom is 0.234 e. The van der Waals surface area contributed by atoms with E-state index in [0.717, 1.165) is 15.8 Å². The molecule has 0 unspecified atom stereocenters. The summed E-state index contributed by atoms with van der Waals surface area (Å²) in [6.45, 7) is 1.18. The molecule has 2 aromatic rings. The molecular formula is C17H15BrClNO3S. The van der Waals surface area contributed by atoms with Gasteiger partial charge in [0.15, 0.2) is 11.5 Å². The number of halogens is 2. The smallest absolute Gasteiger partial charge is 0.234 e. The van der Waals surface area contributed by atoms with Crippen molar-refractivity contribution in [2.75, 3.05) is 24.3 Å². The van der Waals surface area contributed by atoms with Crippen LogP contribution < -0.4 is 14.8 Å². The molecule has 24 heavy (non-hydrogen) atoms. The number of carbonyl (C=O) groups excluding carboxylic acids is 1. The first-order valence-corrected chi connectivity index (χ1v) is 9.55. The molecule has 0 saturated heterocycles. The van der Waals surface area contributed by atoms with Crippen LogP contribution >= 0.6 is 39.3 Å². The molecule has 126 valence electrons. The lowest BCUT2D eigenvalue weighted by Gasteiger charge is -2.12. The molecule has 0 atom stereocenters. The van der Waals surface area contributed by atoms with E-state index >= 15 is 0 Å². The minimum atomic E-state index is -0.132. The Balaban J connectivity index is 1.66. The van der Waals surface area contributed by atoms with Gasteiger partial charge in [-0.05, 0) is 28.1 Å². The molecule has 0 radical (unpaired) electrons. The number of rotatable bonds is 4. The van der Waals surface area contributed by atoms with Crippen LogP contribution in [0, 0.1) is 0 Å². The van der Waals surface area contributed by atoms with E-state index in [1.54, 1.807) is 12.1 Å². The van der Waals surface area contributed by atoms with E-state index < -0.39 is 0 Å². The van der Waals surface area contributed by atoms with Gasteiger partial charge in [-0.15, -0.1) is 11.8 Å². The summed E-state index contributed by atoms with van der Waals surface area (Å²) in [6.07, 6.45) is 0.816. The monoisotopic (exact) mass is 427 g/mol. The fourth-order valence-electron chi connectivity index (χ4n) is 2.17. The van der Waals surface area contributed by atoms with Crippen LogP contribution in [0.25, 0.3) is 0 Å². The molecule has 1 aliphatic heterocycles. The number of ether oxygens (including phenoxy) is 2. The average Bonchev–Trinajstić information content (AvgIpc) is 2.79. The van der Waals surface area contributed by atoms with Crippen molar-refractivity contribution in [3.63, 3.8) is 0 Å². The first-order chi connectivity index (χ1) is 11.6. The fourth-order valence-corrected chi connectivity index (χ4v) is 3.74. The molecule has 1 heterocycles. The minimum Gasteiger partial charge on any atom is -0.490 e. The summed E-state index contributed by atoms with van der Waals surface area (Å²) in [5.74, 6) is 1.36. The van der Waals surface area contributed by atoms with Gasteiger partial charge in [0.25, 0.3) is 0 Å². The summed E-state index contributed by atoms with van der Waals surface area (Å²) in [4.78, 5) is 13.2. The molecule has 2 aromatic carbocycles. The van der Waals surface area contributed by atoms with Crippen LogP contribution in [0.2, 0.25) is 5.02 Å². The van der Waals surface area contributed by atoms with Gasteiger partial charge in [-0.3, -0.25) is 4.79 Å². The third-order valence-corrected chi connectivity index (χ3v) is 5.65. The van der Waals surface area contributed by atoms with Crippen LogP contribution in [0.15, 0.2) is 45.8 Å². The van der Waals surface area contributed by atoms with Crippen molar-refractivity contribution in [1.29, 1.82) is 0 Å². The van der Waals surface area contributed by atoms with Crippen molar-refractivity contribution in [2.24, 2.45) is 0 Å². The predicted molar refractivity (Wildman–Crippen MR) is 101 cm³/mol. The second-order valence-corrected chi connectivity index (χ2v) is 7.38. The van der Waals surface area contributed by atoms with Crippen LogP contribution in [0.3, 0.4) is 0 Å². The maximum absolute atomic E-state index is 12.2. The molecule has 4 nitrogen and oxygen atoms in total. The van der Waals surface area contributed by atoms with Crippen LogP contribution in [-0.2, 0) is 4.79 Å². The summed E-state index contributed by atoms with van der Waals surface area (Å²) in [5.41, 5.74) is 0.527. The Hall–Kier alpha value is -1.37. The number of thioether (sulfide) groups is 1. The first kappa shape index (κ1) is 17.5. The molecule has 0 aromatic heterocycles. The van der Waals surface area contributed by atoms with Gasteiger partial charge in [0.2, 0.25) is 5.91 Å². The molecule has 1 amide bonds. The van der Waals surface area contributed by atoms with E-state index in [1.807, 2.05) is 24.3 Å². The summed E-state index contributed by atoms with van der Waals surface area (Å²) in [6, 6.07) is 11.2. The number of amides is 1. The highest BCUT2D eigenvalue weighted by Crippen LogP contribution is 2.37. The molecule has 0 saturated carbocycles. The van der Waals surface area contributed by atoms with Gasteiger partial charge in [-0.25, -0.2) is 0 Å². The Morgan fingerprint density at radius 1 is 1.21 bits per heavy atom. The van der Waals surface area contributed by atoms with Crippen molar-refractivity contribution < 1.29 is 14.3 Å². The van der Waals surface area contributed by atoms with Gasteiger partial charge >= 0.3 is 0 Å². The number of fused-ring (bicyclic) bond motifs is 1. The Bertz CT molecular complexity index is 757. The highest BCUT2D eigenvalue weighted by atomic mass is 79.9. The molecule has 1 N–H and O–H groups in total. The zero-order valence-corrected chi connectivity index (χ0v) is 15.8. The SMILES string of the molecule is O=C(CSc1ccccc1Br)Nc1cc2c(cc1Cl)OCCCO2. The maximum atomic E-state index is 12.2. The number of carbonyl (C=O) groups is 1. The molecule has 0 spiro atoms. The Morgan fingerprint density at radius 2 is 1.92 bits per heavy atom. The summed E-state index contributed by atoms with van der Waals surface area (Å²) in [7, 11) is 0. The largest absolute Gasteiger partial charge is 0.490 e. The molecule has 7 heteroatoms. The highest BCUT2D eigenvalue weighted by molar-refractivity contribution is 9.10. The van der Waals surface area contributed by atoms with E-state index in [-0.39, 0.29) is 11.7 Å². The summed E-state index contributed by atoms with van der Waals surface area (Å²) < 4.78 is 12.2. The fraction of sp³-hybridized carbons (Fsp3) is 0.235. The first-order valence-electron chi connectivity index (χ1n) is 7.40. The number of anilines is 1. The normalized spacial score (nSPS) is 13.2. The van der Waals surface area contributed by atoms with Gasteiger partial charge in [0.1, 0.15) is 0 Å². The van der Waals surface area contributed by atoms with Crippen LogP contribution in [-0.4, -0.2) is 24.9 Å². The molecule has 0 aliphatic carbocycles. The lowest BCUT2D eigenvalue weighted by molar-refractivity contribution is -0.113. The zero-order chi connectivity index (χ0) is 16.9. The zero-order valence-electron chi connectivity index (χ0n) is 12.7. The van der Waals surface area contributed by atoms with Gasteiger partial charge < -0.3 is 14.8 Å². The second-order valence-electron chi connectivity index (χ2n) is 5.10. The molecule has 0 bridgehead atoms.